The molecule has 7 heavy (non-hydrogen) atoms. The molecule has 0 radical (unpaired) electrons. The Kier molecular flexibility index (Phi) is 3.50. The zero-order valence-electron chi connectivity index (χ0n) is 5.07. The molecule has 40 valence electrons. The van der Waals surface area contributed by atoms with Crippen LogP contribution >= 0.6 is 0 Å². The number of hydrogen-bond acceptors (Lipinski definition) is 0. The number of rotatable bonds is 2. The Morgan fingerprint density at radius 1 is 1.71 bits per heavy atom. The maximum Gasteiger partial charge on any atom is 0.0112 e. The Labute approximate surface area is 45.9 Å². The van der Waals surface area contributed by atoms with E-state index in [9.17, 15) is 0 Å². The molecule has 0 aliphatic carbocycles. The van der Waals surface area contributed by atoms with Crippen LogP contribution in [0.1, 0.15) is 26.7 Å². The van der Waals surface area contributed by atoms with Gasteiger partial charge in [-0.2, -0.15) is 0 Å². The summed E-state index contributed by atoms with van der Waals surface area (Å²) >= 11 is 0. The first kappa shape index (κ1) is 6.56. The number of hydrogen-bond donors (Lipinski definition) is 0. The van der Waals surface area contributed by atoms with Gasteiger partial charge in [-0.1, -0.05) is 20.3 Å². The molecule has 0 aliphatic rings. The smallest absolute Gasteiger partial charge is 0.0112 e. The molecular weight excluding hydrogens is 84.1 g/mol. The average Bonchev–Trinajstić information content (AvgIpc) is 1.68. The molecule has 0 saturated heterocycles. The standard InChI is InChI=1S/C7H12/c1-4-6-7(3)5-2/h1,7H,5-6H2,2-3H3/t7-/m1/s1. The molecule has 0 bridgehead atoms. The molecule has 0 unspecified atom stereocenters. The summed E-state index contributed by atoms with van der Waals surface area (Å²) in [5, 5.41) is 0. The molecule has 0 rings (SSSR count). The van der Waals surface area contributed by atoms with Crippen molar-refractivity contribution in [1.82, 2.24) is 0 Å². The van der Waals surface area contributed by atoms with Crippen molar-refractivity contribution < 1.29 is 0 Å². The van der Waals surface area contributed by atoms with Crippen molar-refractivity contribution in [1.29, 1.82) is 0 Å². The van der Waals surface area contributed by atoms with E-state index in [-0.39, 0.29) is 0 Å². The molecule has 0 aromatic rings. The van der Waals surface area contributed by atoms with Crippen molar-refractivity contribution in [2.45, 2.75) is 26.7 Å². The third-order valence-corrected chi connectivity index (χ3v) is 1.16. The summed E-state index contributed by atoms with van der Waals surface area (Å²) in [4.78, 5) is 0. The van der Waals surface area contributed by atoms with Gasteiger partial charge < -0.3 is 0 Å². The Morgan fingerprint density at radius 3 is 2.43 bits per heavy atom. The van der Waals surface area contributed by atoms with Gasteiger partial charge in [0.2, 0.25) is 0 Å². The van der Waals surface area contributed by atoms with E-state index in [1.165, 1.54) is 6.42 Å². The monoisotopic (exact) mass is 96.1 g/mol. The zero-order valence-corrected chi connectivity index (χ0v) is 5.07. The molecule has 0 amide bonds. The second-order valence-corrected chi connectivity index (χ2v) is 1.92. The summed E-state index contributed by atoms with van der Waals surface area (Å²) in [6, 6.07) is 0. The lowest BCUT2D eigenvalue weighted by molar-refractivity contribution is 0.581. The first-order valence-corrected chi connectivity index (χ1v) is 2.74. The third-order valence-electron chi connectivity index (χ3n) is 1.16. The molecular formula is C7H12. The molecule has 0 heterocycles. The predicted octanol–water partition coefficient (Wildman–Crippen LogP) is 2.06. The Hall–Kier alpha value is -0.440. The second kappa shape index (κ2) is 3.74. The molecule has 0 spiro atoms. The van der Waals surface area contributed by atoms with Gasteiger partial charge in [0.05, 0.1) is 0 Å². The Balaban J connectivity index is 3.03. The van der Waals surface area contributed by atoms with Crippen LogP contribution in [0.5, 0.6) is 0 Å². The fourth-order valence-corrected chi connectivity index (χ4v) is 0.346. The van der Waals surface area contributed by atoms with Gasteiger partial charge in [0.1, 0.15) is 0 Å². The van der Waals surface area contributed by atoms with Crippen LogP contribution in [0.4, 0.5) is 0 Å². The van der Waals surface area contributed by atoms with Crippen molar-refractivity contribution in [2.24, 2.45) is 5.92 Å². The highest BCUT2D eigenvalue weighted by molar-refractivity contribution is 4.84. The Bertz CT molecular complexity index is 66.6. The van der Waals surface area contributed by atoms with Crippen molar-refractivity contribution in [2.75, 3.05) is 0 Å². The van der Waals surface area contributed by atoms with E-state index in [0.29, 0.717) is 5.92 Å². The van der Waals surface area contributed by atoms with Gasteiger partial charge in [-0.3, -0.25) is 0 Å². The topological polar surface area (TPSA) is 0 Å². The molecule has 0 N–H and O–H groups in total. The fraction of sp³-hybridized carbons (Fsp3) is 0.714. The van der Waals surface area contributed by atoms with Crippen molar-refractivity contribution in [3.8, 4) is 12.3 Å². The lowest BCUT2D eigenvalue weighted by Gasteiger charge is -1.98. The highest BCUT2D eigenvalue weighted by atomic mass is 14.0. The highest BCUT2D eigenvalue weighted by Gasteiger charge is 1.91. The molecule has 0 aromatic carbocycles. The van der Waals surface area contributed by atoms with Gasteiger partial charge in [0, 0.05) is 6.42 Å². The molecule has 1 atom stereocenters. The van der Waals surface area contributed by atoms with Gasteiger partial charge in [-0.05, 0) is 5.92 Å². The van der Waals surface area contributed by atoms with Crippen LogP contribution in [0.15, 0.2) is 0 Å². The largest absolute Gasteiger partial charge is 0.120 e. The average molecular weight is 96.2 g/mol. The molecule has 0 aromatic heterocycles. The predicted molar refractivity (Wildman–Crippen MR) is 32.9 cm³/mol. The number of terminal acetylenes is 1. The molecule has 0 aliphatic heterocycles. The van der Waals surface area contributed by atoms with Crippen LogP contribution in [0.25, 0.3) is 0 Å². The van der Waals surface area contributed by atoms with Crippen LogP contribution in [0, 0.1) is 18.3 Å². The minimum absolute atomic E-state index is 0.713. The normalized spacial score (nSPS) is 12.7. The first-order valence-electron chi connectivity index (χ1n) is 2.74. The van der Waals surface area contributed by atoms with Crippen LogP contribution < -0.4 is 0 Å². The van der Waals surface area contributed by atoms with E-state index >= 15 is 0 Å². The van der Waals surface area contributed by atoms with E-state index in [0.717, 1.165) is 6.42 Å². The van der Waals surface area contributed by atoms with E-state index in [4.69, 9.17) is 6.42 Å². The quantitative estimate of drug-likeness (QED) is 0.461. The zero-order chi connectivity index (χ0) is 5.70. The second-order valence-electron chi connectivity index (χ2n) is 1.92. The maximum atomic E-state index is 5.06. The summed E-state index contributed by atoms with van der Waals surface area (Å²) in [6.07, 6.45) is 7.18. The lowest BCUT2D eigenvalue weighted by Crippen LogP contribution is -1.86. The van der Waals surface area contributed by atoms with Crippen LogP contribution in [0.3, 0.4) is 0 Å². The van der Waals surface area contributed by atoms with Crippen LogP contribution in [-0.4, -0.2) is 0 Å². The molecule has 0 fully saturated rings. The molecule has 0 saturated carbocycles. The van der Waals surface area contributed by atoms with E-state index in [2.05, 4.69) is 19.8 Å². The van der Waals surface area contributed by atoms with E-state index in [1.807, 2.05) is 0 Å². The van der Waals surface area contributed by atoms with Gasteiger partial charge in [0.15, 0.2) is 0 Å². The van der Waals surface area contributed by atoms with Crippen molar-refractivity contribution in [3.05, 3.63) is 0 Å². The van der Waals surface area contributed by atoms with Crippen molar-refractivity contribution in [3.63, 3.8) is 0 Å². The van der Waals surface area contributed by atoms with Gasteiger partial charge in [-0.25, -0.2) is 0 Å². The van der Waals surface area contributed by atoms with Gasteiger partial charge >= 0.3 is 0 Å². The first-order chi connectivity index (χ1) is 3.31. The third kappa shape index (κ3) is 3.39. The highest BCUT2D eigenvalue weighted by Crippen LogP contribution is 2.02. The minimum Gasteiger partial charge on any atom is -0.120 e. The summed E-state index contributed by atoms with van der Waals surface area (Å²) in [5.74, 6) is 3.33. The van der Waals surface area contributed by atoms with Crippen molar-refractivity contribution >= 4 is 0 Å². The minimum atomic E-state index is 0.713. The van der Waals surface area contributed by atoms with Crippen LogP contribution in [0.2, 0.25) is 0 Å². The summed E-state index contributed by atoms with van der Waals surface area (Å²) in [5.41, 5.74) is 0. The summed E-state index contributed by atoms with van der Waals surface area (Å²) in [6.45, 7) is 4.32. The molecule has 0 heteroatoms. The summed E-state index contributed by atoms with van der Waals surface area (Å²) in [7, 11) is 0. The fourth-order valence-electron chi connectivity index (χ4n) is 0.346. The van der Waals surface area contributed by atoms with E-state index in [1.54, 1.807) is 0 Å². The van der Waals surface area contributed by atoms with Crippen LogP contribution in [-0.2, 0) is 0 Å². The Morgan fingerprint density at radius 2 is 2.29 bits per heavy atom. The SMILES string of the molecule is C#CC[C@H](C)CC. The summed E-state index contributed by atoms with van der Waals surface area (Å²) < 4.78 is 0. The molecule has 0 nitrogen and oxygen atoms in total. The van der Waals surface area contributed by atoms with Gasteiger partial charge in [-0.15, -0.1) is 12.3 Å². The lowest BCUT2D eigenvalue weighted by atomic mass is 10.1. The maximum absolute atomic E-state index is 5.06. The van der Waals surface area contributed by atoms with Gasteiger partial charge in [0.25, 0.3) is 0 Å². The van der Waals surface area contributed by atoms with E-state index < -0.39 is 0 Å².